The molecule has 0 bridgehead atoms. The molecule has 3 aromatic rings. The van der Waals surface area contributed by atoms with Crippen molar-refractivity contribution in [2.45, 2.75) is 56.5 Å². The Balaban J connectivity index is 1.32. The van der Waals surface area contributed by atoms with Crippen LogP contribution >= 0.6 is 11.3 Å². The fourth-order valence-electron chi connectivity index (χ4n) is 6.22. The Morgan fingerprint density at radius 3 is 2.34 bits per heavy atom. The number of rotatable bonds is 11. The number of halogens is 7. The highest BCUT2D eigenvalue weighted by Crippen LogP contribution is 2.40. The standard InChI is InChI=1S/C33H37F7N4O4S2/c34-25-17-28(29(48-20-33(38,39)40)18-27(25)42-11-14-45)41-10-2-5-30-24(19-32(35,36)37)23-3-1-4-26(31(23)49-30)43-21-6-8-22(9-7-21)44-12-15-50(46,47)16-13-44/h1,3-4,17-18,21-22,41-43,45H,6-16,19-20H2. The van der Waals surface area contributed by atoms with Gasteiger partial charge in [0.1, 0.15) is 11.6 Å². The Bertz CT molecular complexity index is 1800. The summed E-state index contributed by atoms with van der Waals surface area (Å²) in [6.07, 6.45) is -7.03. The average molecular weight is 751 g/mol. The van der Waals surface area contributed by atoms with E-state index < -0.39 is 41.0 Å². The highest BCUT2D eigenvalue weighted by Gasteiger charge is 2.33. The van der Waals surface area contributed by atoms with Crippen LogP contribution in [0.25, 0.3) is 10.1 Å². The lowest BCUT2D eigenvalue weighted by molar-refractivity contribution is -0.153. The van der Waals surface area contributed by atoms with Crippen LogP contribution in [-0.4, -0.2) is 93.8 Å². The van der Waals surface area contributed by atoms with E-state index in [1.807, 2.05) is 6.07 Å². The van der Waals surface area contributed by atoms with Gasteiger partial charge in [-0.05, 0) is 42.7 Å². The number of hydrogen-bond acceptors (Lipinski definition) is 9. The summed E-state index contributed by atoms with van der Waals surface area (Å²) in [5, 5.41) is 18.2. The van der Waals surface area contributed by atoms with Crippen LogP contribution in [0.5, 0.6) is 5.75 Å². The average Bonchev–Trinajstić information content (AvgIpc) is 3.38. The van der Waals surface area contributed by atoms with E-state index in [4.69, 9.17) is 9.84 Å². The fourth-order valence-corrected chi connectivity index (χ4v) is 8.62. The molecular weight excluding hydrogens is 714 g/mol. The summed E-state index contributed by atoms with van der Waals surface area (Å²) in [5.74, 6) is 4.66. The first-order valence-electron chi connectivity index (χ1n) is 16.0. The second-order valence-electron chi connectivity index (χ2n) is 12.3. The van der Waals surface area contributed by atoms with Gasteiger partial charge < -0.3 is 25.8 Å². The number of fused-ring (bicyclic) bond motifs is 1. The van der Waals surface area contributed by atoms with Gasteiger partial charge >= 0.3 is 12.4 Å². The van der Waals surface area contributed by atoms with Gasteiger partial charge in [-0.15, -0.1) is 11.3 Å². The van der Waals surface area contributed by atoms with Gasteiger partial charge in [-0.25, -0.2) is 12.8 Å². The number of anilines is 3. The summed E-state index contributed by atoms with van der Waals surface area (Å²) in [7, 11) is -2.97. The first-order valence-corrected chi connectivity index (χ1v) is 18.7. The summed E-state index contributed by atoms with van der Waals surface area (Å²) in [6.45, 7) is -1.25. The van der Waals surface area contributed by atoms with E-state index in [9.17, 15) is 39.2 Å². The minimum absolute atomic E-state index is 0.0111. The molecule has 274 valence electrons. The van der Waals surface area contributed by atoms with Crippen LogP contribution in [0.4, 0.5) is 47.8 Å². The smallest absolute Gasteiger partial charge is 0.422 e. The van der Waals surface area contributed by atoms with Crippen LogP contribution < -0.4 is 20.7 Å². The molecule has 1 saturated carbocycles. The molecule has 4 N–H and O–H groups in total. The quantitative estimate of drug-likeness (QED) is 0.132. The van der Waals surface area contributed by atoms with E-state index in [0.29, 0.717) is 34.9 Å². The Morgan fingerprint density at radius 1 is 0.960 bits per heavy atom. The number of thiophene rings is 1. The lowest BCUT2D eigenvalue weighted by atomic mass is 9.90. The monoisotopic (exact) mass is 750 g/mol. The van der Waals surface area contributed by atoms with Crippen LogP contribution in [0.15, 0.2) is 30.3 Å². The summed E-state index contributed by atoms with van der Waals surface area (Å²) in [5.41, 5.74) is 0.365. The van der Waals surface area contributed by atoms with Gasteiger partial charge in [0.2, 0.25) is 0 Å². The van der Waals surface area contributed by atoms with Crippen molar-refractivity contribution in [3.05, 3.63) is 46.6 Å². The van der Waals surface area contributed by atoms with E-state index in [0.717, 1.165) is 49.2 Å². The Kier molecular flexibility index (Phi) is 12.0. The molecule has 2 fully saturated rings. The van der Waals surface area contributed by atoms with Crippen molar-refractivity contribution >= 4 is 48.3 Å². The van der Waals surface area contributed by atoms with Crippen molar-refractivity contribution in [2.75, 3.05) is 66.8 Å². The molecule has 5 rings (SSSR count). The van der Waals surface area contributed by atoms with Gasteiger partial charge in [0.15, 0.2) is 16.4 Å². The number of aliphatic hydroxyl groups excluding tert-OH is 1. The maximum atomic E-state index is 14.6. The van der Waals surface area contributed by atoms with Crippen LogP contribution in [0.1, 0.15) is 36.1 Å². The first kappa shape index (κ1) is 37.8. The van der Waals surface area contributed by atoms with E-state index in [2.05, 4.69) is 32.7 Å². The fraction of sp³-hybridized carbons (Fsp3) is 0.515. The van der Waals surface area contributed by atoms with Crippen LogP contribution in [0.2, 0.25) is 0 Å². The molecule has 1 aliphatic carbocycles. The predicted molar refractivity (Wildman–Crippen MR) is 180 cm³/mol. The molecule has 0 amide bonds. The van der Waals surface area contributed by atoms with E-state index in [1.165, 1.54) is 0 Å². The molecule has 0 radical (unpaired) electrons. The Labute approximate surface area is 289 Å². The second kappa shape index (κ2) is 15.8. The predicted octanol–water partition coefficient (Wildman–Crippen LogP) is 6.41. The maximum Gasteiger partial charge on any atom is 0.422 e. The molecular formula is C33H37F7N4O4S2. The minimum Gasteiger partial charge on any atom is -0.482 e. The molecule has 50 heavy (non-hydrogen) atoms. The van der Waals surface area contributed by atoms with Crippen molar-refractivity contribution < 1.29 is 49.0 Å². The third-order valence-electron chi connectivity index (χ3n) is 8.60. The highest BCUT2D eigenvalue weighted by atomic mass is 32.2. The zero-order valence-electron chi connectivity index (χ0n) is 26.8. The van der Waals surface area contributed by atoms with Crippen molar-refractivity contribution in [2.24, 2.45) is 0 Å². The Hall–Kier alpha value is -3.46. The molecule has 17 heteroatoms. The number of alkyl halides is 6. The van der Waals surface area contributed by atoms with Gasteiger partial charge in [0, 0.05) is 43.9 Å². The molecule has 1 saturated heterocycles. The number of aliphatic hydroxyl groups is 1. The summed E-state index contributed by atoms with van der Waals surface area (Å²) >= 11 is 1.11. The summed E-state index contributed by atoms with van der Waals surface area (Å²) in [4.78, 5) is 2.42. The lowest BCUT2D eigenvalue weighted by Crippen LogP contribution is -2.48. The SMILES string of the molecule is O=S1(=O)CCN(C2CCC(Nc3cccc4c(CC(F)(F)F)c(C#CCNc5cc(F)c(NCCO)cc5OCC(F)(F)F)sc34)CC2)CC1. The Morgan fingerprint density at radius 2 is 1.68 bits per heavy atom. The number of nitrogens with zero attached hydrogens (tertiary/aromatic N) is 1. The second-order valence-corrected chi connectivity index (χ2v) is 15.6. The zero-order valence-corrected chi connectivity index (χ0v) is 28.4. The van der Waals surface area contributed by atoms with E-state index in [-0.39, 0.29) is 64.8 Å². The van der Waals surface area contributed by atoms with Crippen LogP contribution in [0.3, 0.4) is 0 Å². The number of benzene rings is 2. The number of nitrogens with one attached hydrogen (secondary N) is 3. The first-order chi connectivity index (χ1) is 23.6. The van der Waals surface area contributed by atoms with E-state index in [1.54, 1.807) is 12.1 Å². The van der Waals surface area contributed by atoms with Crippen molar-refractivity contribution in [3.8, 4) is 17.6 Å². The largest absolute Gasteiger partial charge is 0.482 e. The van der Waals surface area contributed by atoms with Gasteiger partial charge in [-0.2, -0.15) is 26.3 Å². The molecule has 2 aliphatic rings. The van der Waals surface area contributed by atoms with Gasteiger partial charge in [0.05, 0.1) is 57.7 Å². The van der Waals surface area contributed by atoms with Crippen molar-refractivity contribution in [3.63, 3.8) is 0 Å². The van der Waals surface area contributed by atoms with Crippen molar-refractivity contribution in [1.82, 2.24) is 4.90 Å². The summed E-state index contributed by atoms with van der Waals surface area (Å²) in [6, 6.07) is 7.41. The topological polar surface area (TPSA) is 103 Å². The van der Waals surface area contributed by atoms with Crippen LogP contribution in [0, 0.1) is 17.7 Å². The molecule has 2 heterocycles. The molecule has 0 unspecified atom stereocenters. The molecule has 0 spiro atoms. The third-order valence-corrected chi connectivity index (χ3v) is 11.4. The van der Waals surface area contributed by atoms with Gasteiger partial charge in [-0.1, -0.05) is 24.0 Å². The molecule has 8 nitrogen and oxygen atoms in total. The number of ether oxygens (including phenoxy) is 1. The maximum absolute atomic E-state index is 14.6. The zero-order chi connectivity index (χ0) is 36.1. The van der Waals surface area contributed by atoms with Crippen molar-refractivity contribution in [1.29, 1.82) is 0 Å². The molecule has 0 atom stereocenters. The van der Waals surface area contributed by atoms with E-state index >= 15 is 0 Å². The highest BCUT2D eigenvalue weighted by molar-refractivity contribution is 7.91. The van der Waals surface area contributed by atoms with Gasteiger partial charge in [-0.3, -0.25) is 4.90 Å². The van der Waals surface area contributed by atoms with Crippen LogP contribution in [-0.2, 0) is 16.3 Å². The van der Waals surface area contributed by atoms with Gasteiger partial charge in [0.25, 0.3) is 0 Å². The minimum atomic E-state index is -4.67. The molecule has 1 aromatic heterocycles. The molecule has 1 aliphatic heterocycles. The summed E-state index contributed by atoms with van der Waals surface area (Å²) < 4.78 is 124. The normalized spacial score (nSPS) is 19.8. The third kappa shape index (κ3) is 10.3. The molecule has 2 aromatic carbocycles. The number of hydrogen-bond donors (Lipinski definition) is 4. The number of sulfone groups is 1. The lowest BCUT2D eigenvalue weighted by Gasteiger charge is -2.39.